The van der Waals surface area contributed by atoms with Crippen molar-refractivity contribution in [1.82, 2.24) is 15.3 Å². The van der Waals surface area contributed by atoms with Crippen molar-refractivity contribution in [3.05, 3.63) is 18.1 Å². The second-order valence-corrected chi connectivity index (χ2v) is 4.57. The average Bonchev–Trinajstić information content (AvgIpc) is 2.93. The van der Waals surface area contributed by atoms with Gasteiger partial charge >= 0.3 is 0 Å². The van der Waals surface area contributed by atoms with Crippen LogP contribution in [0.1, 0.15) is 24.6 Å². The van der Waals surface area contributed by atoms with Crippen LogP contribution in [0.5, 0.6) is 0 Å². The predicted octanol–water partition coefficient (Wildman–Crippen LogP) is 0.264. The Bertz CT molecular complexity index is 445. The average molecular weight is 248 g/mol. The molecule has 18 heavy (non-hydrogen) atoms. The van der Waals surface area contributed by atoms with Gasteiger partial charge in [-0.2, -0.15) is 0 Å². The van der Waals surface area contributed by atoms with E-state index in [-0.39, 0.29) is 12.0 Å². The lowest BCUT2D eigenvalue weighted by atomic mass is 10.1. The van der Waals surface area contributed by atoms with Crippen LogP contribution in [-0.2, 0) is 9.53 Å². The Hall–Kier alpha value is -1.69. The summed E-state index contributed by atoms with van der Waals surface area (Å²) in [4.78, 5) is 21.9. The van der Waals surface area contributed by atoms with Gasteiger partial charge in [0.2, 0.25) is 5.91 Å². The third-order valence-electron chi connectivity index (χ3n) is 3.30. The number of hydrogen-bond donors (Lipinski definition) is 1. The molecule has 6 nitrogen and oxygen atoms in total. The van der Waals surface area contributed by atoms with E-state index in [1.54, 1.807) is 6.33 Å². The maximum atomic E-state index is 11.4. The third kappa shape index (κ3) is 2.28. The summed E-state index contributed by atoms with van der Waals surface area (Å²) in [5.74, 6) is 0.851. The molecule has 2 saturated heterocycles. The van der Waals surface area contributed by atoms with E-state index in [2.05, 4.69) is 15.3 Å². The number of anilines is 1. The number of aromatic nitrogens is 2. The van der Waals surface area contributed by atoms with E-state index in [4.69, 9.17) is 4.74 Å². The number of piperazine rings is 1. The molecule has 0 spiro atoms. The molecule has 0 aromatic carbocycles. The van der Waals surface area contributed by atoms with Gasteiger partial charge in [0.15, 0.2) is 0 Å². The molecule has 3 heterocycles. The first-order valence-corrected chi connectivity index (χ1v) is 6.28. The predicted molar refractivity (Wildman–Crippen MR) is 65.2 cm³/mol. The Kier molecular flexibility index (Phi) is 3.10. The highest BCUT2D eigenvalue weighted by molar-refractivity contribution is 5.82. The first kappa shape index (κ1) is 11.4. The molecule has 0 saturated carbocycles. The summed E-state index contributed by atoms with van der Waals surface area (Å²) < 4.78 is 5.61. The van der Waals surface area contributed by atoms with Crippen molar-refractivity contribution in [2.45, 2.75) is 18.9 Å². The maximum Gasteiger partial charge on any atom is 0.239 e. The molecule has 2 aliphatic heterocycles. The van der Waals surface area contributed by atoms with Gasteiger partial charge in [0.05, 0.1) is 18.3 Å². The normalized spacial score (nSPS) is 24.1. The minimum atomic E-state index is 0.0403. The summed E-state index contributed by atoms with van der Waals surface area (Å²) in [5, 5.41) is 2.80. The molecular weight excluding hydrogens is 232 g/mol. The molecule has 0 radical (unpaired) electrons. The van der Waals surface area contributed by atoms with E-state index in [0.717, 1.165) is 37.5 Å². The van der Waals surface area contributed by atoms with Crippen molar-refractivity contribution < 1.29 is 9.53 Å². The maximum absolute atomic E-state index is 11.4. The zero-order valence-electron chi connectivity index (χ0n) is 10.1. The molecule has 1 N–H and O–H groups in total. The van der Waals surface area contributed by atoms with Gasteiger partial charge in [-0.25, -0.2) is 9.97 Å². The Morgan fingerprint density at radius 1 is 1.44 bits per heavy atom. The van der Waals surface area contributed by atoms with Crippen LogP contribution in [0.15, 0.2) is 12.4 Å². The number of nitrogens with zero attached hydrogens (tertiary/aromatic N) is 3. The van der Waals surface area contributed by atoms with Gasteiger partial charge in [-0.05, 0) is 12.8 Å². The van der Waals surface area contributed by atoms with Gasteiger partial charge in [0, 0.05) is 25.8 Å². The minimum absolute atomic E-state index is 0.0403. The second kappa shape index (κ2) is 4.89. The van der Waals surface area contributed by atoms with Crippen LogP contribution in [0.2, 0.25) is 0 Å². The zero-order valence-corrected chi connectivity index (χ0v) is 10.1. The molecule has 1 aromatic heterocycles. The molecule has 2 aliphatic rings. The summed E-state index contributed by atoms with van der Waals surface area (Å²) in [6.45, 7) is 2.61. The first-order valence-electron chi connectivity index (χ1n) is 6.28. The highest BCUT2D eigenvalue weighted by Crippen LogP contribution is 2.28. The van der Waals surface area contributed by atoms with Crippen LogP contribution in [-0.4, -0.2) is 42.1 Å². The van der Waals surface area contributed by atoms with Crippen LogP contribution < -0.4 is 10.2 Å². The van der Waals surface area contributed by atoms with Gasteiger partial charge in [-0.15, -0.1) is 0 Å². The number of amides is 1. The van der Waals surface area contributed by atoms with Crippen molar-refractivity contribution >= 4 is 11.7 Å². The fraction of sp³-hybridized carbons (Fsp3) is 0.583. The van der Waals surface area contributed by atoms with E-state index >= 15 is 0 Å². The Labute approximate surface area is 105 Å². The molecule has 1 amide bonds. The van der Waals surface area contributed by atoms with Crippen molar-refractivity contribution in [2.75, 3.05) is 31.1 Å². The van der Waals surface area contributed by atoms with E-state index in [1.807, 2.05) is 11.0 Å². The number of carbonyl (C=O) groups is 1. The summed E-state index contributed by atoms with van der Waals surface area (Å²) in [7, 11) is 0. The fourth-order valence-corrected chi connectivity index (χ4v) is 2.36. The fourth-order valence-electron chi connectivity index (χ4n) is 2.36. The topological polar surface area (TPSA) is 67.4 Å². The smallest absolute Gasteiger partial charge is 0.239 e. The van der Waals surface area contributed by atoms with Gasteiger partial charge in [0.25, 0.3) is 0 Å². The molecule has 6 heteroatoms. The summed E-state index contributed by atoms with van der Waals surface area (Å²) >= 11 is 0. The summed E-state index contributed by atoms with van der Waals surface area (Å²) in [6.07, 6.45) is 3.73. The summed E-state index contributed by atoms with van der Waals surface area (Å²) in [6, 6.07) is 1.94. The van der Waals surface area contributed by atoms with E-state index in [0.29, 0.717) is 13.1 Å². The summed E-state index contributed by atoms with van der Waals surface area (Å²) in [5.41, 5.74) is 0.920. The highest BCUT2D eigenvalue weighted by Gasteiger charge is 2.22. The number of ether oxygens (including phenoxy) is 1. The zero-order chi connectivity index (χ0) is 12.4. The third-order valence-corrected chi connectivity index (χ3v) is 3.30. The number of nitrogens with one attached hydrogen (secondary N) is 1. The van der Waals surface area contributed by atoms with Gasteiger partial charge in [-0.3, -0.25) is 4.79 Å². The monoisotopic (exact) mass is 248 g/mol. The van der Waals surface area contributed by atoms with Crippen molar-refractivity contribution in [3.8, 4) is 0 Å². The highest BCUT2D eigenvalue weighted by atomic mass is 16.5. The number of carbonyl (C=O) groups excluding carboxylic acids is 1. The SMILES string of the molecule is O=C1CN(c2cc(C3CCCO3)ncn2)CCN1. The number of hydrogen-bond acceptors (Lipinski definition) is 5. The van der Waals surface area contributed by atoms with E-state index in [9.17, 15) is 4.79 Å². The lowest BCUT2D eigenvalue weighted by Crippen LogP contribution is -2.48. The van der Waals surface area contributed by atoms with E-state index in [1.165, 1.54) is 0 Å². The largest absolute Gasteiger partial charge is 0.372 e. The molecule has 2 fully saturated rings. The number of rotatable bonds is 2. The molecule has 1 unspecified atom stereocenters. The van der Waals surface area contributed by atoms with Crippen LogP contribution in [0.25, 0.3) is 0 Å². The molecule has 1 aromatic rings. The van der Waals surface area contributed by atoms with Crippen molar-refractivity contribution in [2.24, 2.45) is 0 Å². The van der Waals surface area contributed by atoms with Gasteiger partial charge < -0.3 is 15.0 Å². The lowest BCUT2D eigenvalue weighted by Gasteiger charge is -2.27. The Morgan fingerprint density at radius 2 is 2.39 bits per heavy atom. The van der Waals surface area contributed by atoms with Crippen LogP contribution in [0.4, 0.5) is 5.82 Å². The van der Waals surface area contributed by atoms with Gasteiger partial charge in [0.1, 0.15) is 12.1 Å². The van der Waals surface area contributed by atoms with Crippen LogP contribution in [0, 0.1) is 0 Å². The van der Waals surface area contributed by atoms with Crippen LogP contribution in [0.3, 0.4) is 0 Å². The molecule has 3 rings (SSSR count). The van der Waals surface area contributed by atoms with Crippen molar-refractivity contribution in [1.29, 1.82) is 0 Å². The molecule has 0 aliphatic carbocycles. The Balaban J connectivity index is 1.79. The minimum Gasteiger partial charge on any atom is -0.372 e. The van der Waals surface area contributed by atoms with Crippen molar-refractivity contribution in [3.63, 3.8) is 0 Å². The molecule has 1 atom stereocenters. The lowest BCUT2D eigenvalue weighted by molar-refractivity contribution is -0.120. The van der Waals surface area contributed by atoms with Crippen LogP contribution >= 0.6 is 0 Å². The molecule has 96 valence electrons. The standard InChI is InChI=1S/C12H16N4O2/c17-12-7-16(4-3-13-12)11-6-9(14-8-15-11)10-2-1-5-18-10/h6,8,10H,1-5,7H2,(H,13,17). The van der Waals surface area contributed by atoms with E-state index < -0.39 is 0 Å². The molecular formula is C12H16N4O2. The molecule has 0 bridgehead atoms. The quantitative estimate of drug-likeness (QED) is 0.813. The first-order chi connectivity index (χ1) is 8.83. The Morgan fingerprint density at radius 3 is 3.17 bits per heavy atom. The van der Waals surface area contributed by atoms with Gasteiger partial charge in [-0.1, -0.05) is 0 Å². The second-order valence-electron chi connectivity index (χ2n) is 4.57.